The minimum absolute atomic E-state index is 0. The van der Waals surface area contributed by atoms with E-state index in [1.807, 2.05) is 6.07 Å². The number of nitrogens with zero attached hydrogens (tertiary/aromatic N) is 1. The second-order valence-electron chi connectivity index (χ2n) is 3.56. The highest BCUT2D eigenvalue weighted by atomic mass is 35.5. The first-order valence-electron chi connectivity index (χ1n) is 4.19. The molecule has 1 aliphatic rings. The highest BCUT2D eigenvalue weighted by Crippen LogP contribution is 2.28. The summed E-state index contributed by atoms with van der Waals surface area (Å²) in [6, 6.07) is 1.47. The molecule has 1 rings (SSSR count). The van der Waals surface area contributed by atoms with Crippen LogP contribution in [0.25, 0.3) is 0 Å². The summed E-state index contributed by atoms with van der Waals surface area (Å²) in [5.74, 6) is -0.731. The van der Waals surface area contributed by atoms with Crippen LogP contribution in [0.3, 0.4) is 0 Å². The van der Waals surface area contributed by atoms with Crippen LogP contribution in [0.15, 0.2) is 0 Å². The van der Waals surface area contributed by atoms with Gasteiger partial charge in [-0.1, -0.05) is 0 Å². The molecule has 0 aromatic heterocycles. The lowest BCUT2D eigenvalue weighted by atomic mass is 10.1. The smallest absolute Gasteiger partial charge is 0.200 e. The maximum Gasteiger partial charge on any atom is 0.200 e. The topological polar surface area (TPSA) is 90.1 Å². The van der Waals surface area contributed by atoms with Crippen LogP contribution in [0.2, 0.25) is 0 Å². The van der Waals surface area contributed by atoms with Crippen molar-refractivity contribution >= 4 is 0 Å². The largest absolute Gasteiger partial charge is 1.00 e. The lowest BCUT2D eigenvalue weighted by Crippen LogP contribution is -3.00. The van der Waals surface area contributed by atoms with Gasteiger partial charge in [-0.05, 0) is 13.8 Å². The van der Waals surface area contributed by atoms with Crippen molar-refractivity contribution in [2.45, 2.75) is 37.9 Å². The highest BCUT2D eigenvalue weighted by molar-refractivity contribution is 4.95. The zero-order chi connectivity index (χ0) is 10.1. The molecule has 0 saturated carbocycles. The molecule has 14 heavy (non-hydrogen) atoms. The summed E-state index contributed by atoms with van der Waals surface area (Å²) < 4.78 is 10.8. The zero-order valence-corrected chi connectivity index (χ0v) is 8.99. The highest BCUT2D eigenvalue weighted by Gasteiger charge is 2.45. The van der Waals surface area contributed by atoms with E-state index >= 15 is 0 Å². The standard InChI is InChI=1S/C8H14N2O3.ClH/c1-8(2)12-6(4-11)7(13-8)5(10)3-9;/h5-7,11H,4,10H2,1-2H3;1H/t5-,6-,7-;/m0./s1. The van der Waals surface area contributed by atoms with Crippen molar-refractivity contribution in [2.24, 2.45) is 0 Å². The maximum absolute atomic E-state index is 8.97. The number of aliphatic hydroxyl groups is 1. The number of aliphatic hydroxyl groups excluding tert-OH is 1. The number of ether oxygens (including phenoxy) is 2. The molecule has 1 fully saturated rings. The van der Waals surface area contributed by atoms with Crippen molar-refractivity contribution in [2.75, 3.05) is 6.61 Å². The molecule has 3 atom stereocenters. The van der Waals surface area contributed by atoms with Crippen molar-refractivity contribution in [3.05, 3.63) is 0 Å². The number of halogens is 1. The number of rotatable bonds is 2. The molecule has 4 N–H and O–H groups in total. The third-order valence-electron chi connectivity index (χ3n) is 1.96. The van der Waals surface area contributed by atoms with Crippen LogP contribution < -0.4 is 18.1 Å². The van der Waals surface area contributed by atoms with Gasteiger partial charge in [0.05, 0.1) is 6.61 Å². The molecule has 0 amide bonds. The fourth-order valence-electron chi connectivity index (χ4n) is 1.42. The summed E-state index contributed by atoms with van der Waals surface area (Å²) in [5.41, 5.74) is 3.63. The second kappa shape index (κ2) is 4.91. The predicted molar refractivity (Wildman–Crippen MR) is 43.2 cm³/mol. The second-order valence-corrected chi connectivity index (χ2v) is 3.56. The first-order chi connectivity index (χ1) is 6.00. The van der Waals surface area contributed by atoms with Gasteiger partial charge >= 0.3 is 0 Å². The molecule has 0 radical (unpaired) electrons. The van der Waals surface area contributed by atoms with Gasteiger partial charge in [-0.25, -0.2) is 0 Å². The van der Waals surface area contributed by atoms with E-state index in [4.69, 9.17) is 19.8 Å². The van der Waals surface area contributed by atoms with Crippen molar-refractivity contribution in [3.8, 4) is 6.07 Å². The summed E-state index contributed by atoms with van der Waals surface area (Å²) in [7, 11) is 0. The molecule has 1 saturated heterocycles. The maximum atomic E-state index is 8.97. The molecule has 5 nitrogen and oxygen atoms in total. The molecular weight excluding hydrogens is 208 g/mol. The Morgan fingerprint density at radius 2 is 2.14 bits per heavy atom. The third kappa shape index (κ3) is 2.80. The Morgan fingerprint density at radius 1 is 1.57 bits per heavy atom. The molecule has 6 heteroatoms. The summed E-state index contributed by atoms with van der Waals surface area (Å²) in [6.07, 6.45) is -0.887. The van der Waals surface area contributed by atoms with Crippen LogP contribution in [-0.4, -0.2) is 35.8 Å². The fourth-order valence-corrected chi connectivity index (χ4v) is 1.42. The molecule has 0 bridgehead atoms. The van der Waals surface area contributed by atoms with Gasteiger partial charge in [-0.2, -0.15) is 5.26 Å². The van der Waals surface area contributed by atoms with Gasteiger partial charge < -0.3 is 32.7 Å². The summed E-state index contributed by atoms with van der Waals surface area (Å²) >= 11 is 0. The normalized spacial score (nSPS) is 31.6. The Labute approximate surface area is 89.2 Å². The van der Waals surface area contributed by atoms with E-state index < -0.39 is 24.0 Å². The Morgan fingerprint density at radius 3 is 2.57 bits per heavy atom. The zero-order valence-electron chi connectivity index (χ0n) is 8.24. The van der Waals surface area contributed by atoms with E-state index in [0.717, 1.165) is 0 Å². The van der Waals surface area contributed by atoms with Crippen molar-refractivity contribution in [3.63, 3.8) is 0 Å². The van der Waals surface area contributed by atoms with Gasteiger partial charge in [0.15, 0.2) is 11.9 Å². The van der Waals surface area contributed by atoms with E-state index in [1.54, 1.807) is 13.8 Å². The minimum atomic E-state index is -0.731. The van der Waals surface area contributed by atoms with Crippen LogP contribution in [0.1, 0.15) is 13.8 Å². The van der Waals surface area contributed by atoms with Crippen molar-refractivity contribution in [1.82, 2.24) is 0 Å². The average molecular weight is 223 g/mol. The quantitative estimate of drug-likeness (QED) is 0.494. The Hall–Kier alpha value is -0.380. The predicted octanol–water partition coefficient (Wildman–Crippen LogP) is -4.36. The monoisotopic (exact) mass is 222 g/mol. The molecule has 82 valence electrons. The van der Waals surface area contributed by atoms with E-state index in [0.29, 0.717) is 0 Å². The molecule has 0 unspecified atom stereocenters. The third-order valence-corrected chi connectivity index (χ3v) is 1.96. The van der Waals surface area contributed by atoms with Crippen LogP contribution in [0, 0.1) is 11.3 Å². The summed E-state index contributed by atoms with van der Waals surface area (Å²) in [4.78, 5) is 0. The summed E-state index contributed by atoms with van der Waals surface area (Å²) in [5, 5.41) is 17.6. The lowest BCUT2D eigenvalue weighted by Gasteiger charge is -2.16. The van der Waals surface area contributed by atoms with Gasteiger partial charge in [-0.3, -0.25) is 0 Å². The molecule has 1 heterocycles. The van der Waals surface area contributed by atoms with Crippen LogP contribution >= 0.6 is 0 Å². The van der Waals surface area contributed by atoms with Gasteiger partial charge in [-0.15, -0.1) is 0 Å². The Bertz CT molecular complexity index is 229. The van der Waals surface area contributed by atoms with E-state index in [9.17, 15) is 0 Å². The lowest BCUT2D eigenvalue weighted by molar-refractivity contribution is -0.420. The van der Waals surface area contributed by atoms with Gasteiger partial charge in [0, 0.05) is 0 Å². The molecule has 0 spiro atoms. The molecular formula is C8H15ClN2O3. The average Bonchev–Trinajstić information content (AvgIpc) is 2.39. The van der Waals surface area contributed by atoms with Gasteiger partial charge in [0.2, 0.25) is 6.04 Å². The number of hydrogen-bond acceptors (Lipinski definition) is 4. The number of nitriles is 1. The number of hydrogen-bond donors (Lipinski definition) is 2. The molecule has 0 aromatic rings. The summed E-state index contributed by atoms with van der Waals surface area (Å²) in [6.45, 7) is 3.35. The fraction of sp³-hybridized carbons (Fsp3) is 0.875. The SMILES string of the molecule is CC1(C)O[C@@H]([C@@H]([NH3+])C#N)[C@H](CO)O1.[Cl-]. The van der Waals surface area contributed by atoms with Gasteiger partial charge in [0.25, 0.3) is 0 Å². The molecule has 0 aromatic carbocycles. The van der Waals surface area contributed by atoms with Crippen molar-refractivity contribution < 1.29 is 32.7 Å². The van der Waals surface area contributed by atoms with Crippen LogP contribution in [-0.2, 0) is 9.47 Å². The van der Waals surface area contributed by atoms with E-state index in [-0.39, 0.29) is 19.0 Å². The van der Waals surface area contributed by atoms with Gasteiger partial charge in [0.1, 0.15) is 12.2 Å². The van der Waals surface area contributed by atoms with Crippen LogP contribution in [0.5, 0.6) is 0 Å². The Kier molecular flexibility index (Phi) is 4.78. The Balaban J connectivity index is 0.00000169. The minimum Gasteiger partial charge on any atom is -1.00 e. The van der Waals surface area contributed by atoms with E-state index in [2.05, 4.69) is 5.73 Å². The van der Waals surface area contributed by atoms with Crippen molar-refractivity contribution in [1.29, 1.82) is 5.26 Å². The van der Waals surface area contributed by atoms with Crippen LogP contribution in [0.4, 0.5) is 0 Å². The van der Waals surface area contributed by atoms with E-state index in [1.165, 1.54) is 0 Å². The first kappa shape index (κ1) is 13.6. The molecule has 0 aliphatic carbocycles. The molecule has 1 aliphatic heterocycles. The first-order valence-corrected chi connectivity index (χ1v) is 4.19. The number of quaternary nitrogens is 1.